The van der Waals surface area contributed by atoms with Crippen molar-refractivity contribution in [3.05, 3.63) is 123 Å². The Morgan fingerprint density at radius 1 is 0.919 bits per heavy atom. The standard InChI is InChI=1S/C29H19N3O3S2/c33-28-27(37-29(36)31(28)22-10-6-11-23(16-22)32(34)35)15-21-18-30(26-14-4-3-13-25(21)26)17-20-9-5-8-19-7-1-2-12-24(19)20/h1-16,18H,17H2/b27-15+. The quantitative estimate of drug-likeness (QED) is 0.106. The summed E-state index contributed by atoms with van der Waals surface area (Å²) in [6.45, 7) is 0.685. The smallest absolute Gasteiger partial charge is 0.271 e. The monoisotopic (exact) mass is 521 g/mol. The Morgan fingerprint density at radius 2 is 1.65 bits per heavy atom. The van der Waals surface area contributed by atoms with Gasteiger partial charge in [-0.25, -0.2) is 0 Å². The van der Waals surface area contributed by atoms with Gasteiger partial charge < -0.3 is 4.57 Å². The third-order valence-corrected chi connectivity index (χ3v) is 7.72. The van der Waals surface area contributed by atoms with Crippen LogP contribution in [0, 0.1) is 10.1 Å². The Labute approximate surface area is 222 Å². The first kappa shape index (κ1) is 23.1. The molecule has 0 N–H and O–H groups in total. The lowest BCUT2D eigenvalue weighted by Gasteiger charge is -2.13. The molecule has 180 valence electrons. The van der Waals surface area contributed by atoms with Crippen molar-refractivity contribution in [1.29, 1.82) is 0 Å². The van der Waals surface area contributed by atoms with Crippen LogP contribution in [0.25, 0.3) is 27.8 Å². The average Bonchev–Trinajstić information content (AvgIpc) is 3.40. The predicted octanol–water partition coefficient (Wildman–Crippen LogP) is 7.16. The van der Waals surface area contributed by atoms with Gasteiger partial charge in [-0.1, -0.05) is 90.7 Å². The summed E-state index contributed by atoms with van der Waals surface area (Å²) in [4.78, 5) is 25.9. The topological polar surface area (TPSA) is 68.4 Å². The molecule has 0 aliphatic carbocycles. The molecule has 4 aromatic carbocycles. The van der Waals surface area contributed by atoms with Gasteiger partial charge in [-0.3, -0.25) is 19.8 Å². The van der Waals surface area contributed by atoms with E-state index < -0.39 is 4.92 Å². The van der Waals surface area contributed by atoms with E-state index in [1.165, 1.54) is 45.1 Å². The minimum atomic E-state index is -0.484. The molecule has 37 heavy (non-hydrogen) atoms. The van der Waals surface area contributed by atoms with Crippen molar-refractivity contribution < 1.29 is 9.72 Å². The van der Waals surface area contributed by atoms with Gasteiger partial charge in [-0.2, -0.15) is 0 Å². The molecule has 1 aromatic heterocycles. The molecule has 1 saturated heterocycles. The Kier molecular flexibility index (Phi) is 5.82. The first-order chi connectivity index (χ1) is 18.0. The van der Waals surface area contributed by atoms with Gasteiger partial charge >= 0.3 is 0 Å². The fourth-order valence-electron chi connectivity index (χ4n) is 4.71. The van der Waals surface area contributed by atoms with Crippen molar-refractivity contribution in [2.75, 3.05) is 4.90 Å². The van der Waals surface area contributed by atoms with Crippen molar-refractivity contribution in [3.8, 4) is 0 Å². The highest BCUT2D eigenvalue weighted by molar-refractivity contribution is 8.27. The van der Waals surface area contributed by atoms with Crippen LogP contribution < -0.4 is 4.90 Å². The van der Waals surface area contributed by atoms with Crippen molar-refractivity contribution in [2.45, 2.75) is 6.54 Å². The maximum Gasteiger partial charge on any atom is 0.271 e. The van der Waals surface area contributed by atoms with Gasteiger partial charge in [-0.15, -0.1) is 0 Å². The minimum Gasteiger partial charge on any atom is -0.342 e. The van der Waals surface area contributed by atoms with E-state index in [-0.39, 0.29) is 11.6 Å². The van der Waals surface area contributed by atoms with Crippen LogP contribution in [0.5, 0.6) is 0 Å². The maximum atomic E-state index is 13.4. The summed E-state index contributed by atoms with van der Waals surface area (Å²) in [6, 6.07) is 28.7. The lowest BCUT2D eigenvalue weighted by molar-refractivity contribution is -0.384. The van der Waals surface area contributed by atoms with Crippen molar-refractivity contribution >= 4 is 73.3 Å². The molecule has 6 rings (SSSR count). The number of benzene rings is 4. The molecule has 1 aliphatic heterocycles. The Balaban J connectivity index is 1.38. The van der Waals surface area contributed by atoms with Crippen LogP contribution in [-0.4, -0.2) is 19.7 Å². The van der Waals surface area contributed by atoms with E-state index in [1.54, 1.807) is 12.1 Å². The number of non-ortho nitro benzene ring substituents is 1. The number of aromatic nitrogens is 1. The molecular weight excluding hydrogens is 502 g/mol. The second kappa shape index (κ2) is 9.31. The SMILES string of the molecule is O=C1/C(=C\c2cn(Cc3cccc4ccccc34)c3ccccc23)SC(=S)N1c1cccc([N+](=O)[O-])c1. The van der Waals surface area contributed by atoms with Gasteiger partial charge in [0.15, 0.2) is 4.32 Å². The molecule has 6 nitrogen and oxygen atoms in total. The highest BCUT2D eigenvalue weighted by Crippen LogP contribution is 2.38. The van der Waals surface area contributed by atoms with Gasteiger partial charge in [0.25, 0.3) is 11.6 Å². The lowest BCUT2D eigenvalue weighted by Crippen LogP contribution is -2.27. The first-order valence-corrected chi connectivity index (χ1v) is 12.8. The number of hydrogen-bond acceptors (Lipinski definition) is 5. The van der Waals surface area contributed by atoms with Crippen LogP contribution in [0.2, 0.25) is 0 Å². The molecule has 5 aromatic rings. The Hall–Kier alpha value is -4.27. The van der Waals surface area contributed by atoms with Crippen LogP contribution in [0.4, 0.5) is 11.4 Å². The highest BCUT2D eigenvalue weighted by Gasteiger charge is 2.34. The van der Waals surface area contributed by atoms with E-state index >= 15 is 0 Å². The zero-order valence-corrected chi connectivity index (χ0v) is 21.0. The van der Waals surface area contributed by atoms with Crippen molar-refractivity contribution in [1.82, 2.24) is 4.57 Å². The summed E-state index contributed by atoms with van der Waals surface area (Å²) in [7, 11) is 0. The number of amides is 1. The number of nitro groups is 1. The van der Waals surface area contributed by atoms with Gasteiger partial charge in [0.05, 0.1) is 15.5 Å². The summed E-state index contributed by atoms with van der Waals surface area (Å²) >= 11 is 6.69. The number of para-hydroxylation sites is 1. The zero-order chi connectivity index (χ0) is 25.5. The molecule has 8 heteroatoms. The van der Waals surface area contributed by atoms with Crippen LogP contribution >= 0.6 is 24.0 Å². The Bertz CT molecular complexity index is 1770. The summed E-state index contributed by atoms with van der Waals surface area (Å²) < 4.78 is 2.54. The van der Waals surface area contributed by atoms with Crippen LogP contribution in [-0.2, 0) is 11.3 Å². The highest BCUT2D eigenvalue weighted by atomic mass is 32.2. The van der Waals surface area contributed by atoms with Gasteiger partial charge in [0.2, 0.25) is 0 Å². The summed E-state index contributed by atoms with van der Waals surface area (Å²) in [5, 5.41) is 14.7. The van der Waals surface area contributed by atoms with E-state index in [0.717, 1.165) is 16.5 Å². The minimum absolute atomic E-state index is 0.0907. The molecular formula is C29H19N3O3S2. The normalized spacial score (nSPS) is 14.8. The number of hydrogen-bond donors (Lipinski definition) is 0. The average molecular weight is 522 g/mol. The first-order valence-electron chi connectivity index (χ1n) is 11.6. The number of anilines is 1. The number of carbonyl (C=O) groups excluding carboxylic acids is 1. The van der Waals surface area contributed by atoms with Crippen LogP contribution in [0.15, 0.2) is 102 Å². The van der Waals surface area contributed by atoms with Gasteiger partial charge in [0.1, 0.15) is 0 Å². The van der Waals surface area contributed by atoms with Crippen LogP contribution in [0.1, 0.15) is 11.1 Å². The molecule has 0 bridgehead atoms. The van der Waals surface area contributed by atoms with Gasteiger partial charge in [-0.05, 0) is 34.5 Å². The number of carbonyl (C=O) groups is 1. The zero-order valence-electron chi connectivity index (χ0n) is 19.4. The number of thiocarbonyl (C=S) groups is 1. The summed E-state index contributed by atoms with van der Waals surface area (Å²) in [5.41, 5.74) is 3.49. The number of nitro benzene ring substituents is 1. The fraction of sp³-hybridized carbons (Fsp3) is 0.0345. The molecule has 0 atom stereocenters. The van der Waals surface area contributed by atoms with Crippen molar-refractivity contribution in [3.63, 3.8) is 0 Å². The summed E-state index contributed by atoms with van der Waals surface area (Å²) in [5.74, 6) is -0.290. The maximum absolute atomic E-state index is 13.4. The van der Waals surface area contributed by atoms with Gasteiger partial charge in [0, 0.05) is 41.3 Å². The molecule has 1 amide bonds. The third-order valence-electron chi connectivity index (χ3n) is 6.42. The van der Waals surface area contributed by atoms with E-state index in [2.05, 4.69) is 47.2 Å². The van der Waals surface area contributed by atoms with E-state index in [9.17, 15) is 14.9 Å². The van der Waals surface area contributed by atoms with Crippen LogP contribution in [0.3, 0.4) is 0 Å². The van der Waals surface area contributed by atoms with E-state index in [1.807, 2.05) is 36.4 Å². The second-order valence-corrected chi connectivity index (χ2v) is 10.3. The molecule has 0 saturated carbocycles. The molecule has 0 unspecified atom stereocenters. The van der Waals surface area contributed by atoms with E-state index in [4.69, 9.17) is 12.2 Å². The predicted molar refractivity (Wildman–Crippen MR) is 154 cm³/mol. The molecule has 0 spiro atoms. The number of rotatable bonds is 5. The van der Waals surface area contributed by atoms with E-state index in [0.29, 0.717) is 21.5 Å². The number of thioether (sulfide) groups is 1. The molecule has 0 radical (unpaired) electrons. The molecule has 1 aliphatic rings. The second-order valence-electron chi connectivity index (χ2n) is 8.66. The summed E-state index contributed by atoms with van der Waals surface area (Å²) in [6.07, 6.45) is 3.92. The lowest BCUT2D eigenvalue weighted by atomic mass is 10.0. The number of fused-ring (bicyclic) bond motifs is 2. The largest absolute Gasteiger partial charge is 0.342 e. The molecule has 1 fully saturated rings. The Morgan fingerprint density at radius 3 is 2.49 bits per heavy atom. The fourth-order valence-corrected chi connectivity index (χ4v) is 6.00. The number of nitrogens with zero attached hydrogens (tertiary/aromatic N) is 3. The van der Waals surface area contributed by atoms with Crippen molar-refractivity contribution in [2.24, 2.45) is 0 Å². The third kappa shape index (κ3) is 4.20. The molecule has 2 heterocycles.